The average molecular weight is 327 g/mol. The van der Waals surface area contributed by atoms with Crippen LogP contribution in [0.1, 0.15) is 44.0 Å². The highest BCUT2D eigenvalue weighted by atomic mass is 19.1. The summed E-state index contributed by atoms with van der Waals surface area (Å²) in [7, 11) is 0. The zero-order valence-corrected chi connectivity index (χ0v) is 14.1. The van der Waals surface area contributed by atoms with Gasteiger partial charge in [-0.3, -0.25) is 0 Å². The van der Waals surface area contributed by atoms with E-state index in [-0.39, 0.29) is 6.04 Å². The molecule has 126 valence electrons. The Bertz CT molecular complexity index is 749. The van der Waals surface area contributed by atoms with E-state index in [0.717, 1.165) is 24.2 Å². The first-order valence-corrected chi connectivity index (χ1v) is 8.25. The molecule has 0 spiro atoms. The molecule has 2 aromatic heterocycles. The summed E-state index contributed by atoms with van der Waals surface area (Å²) >= 11 is 0. The predicted molar refractivity (Wildman–Crippen MR) is 91.8 cm³/mol. The highest BCUT2D eigenvalue weighted by Gasteiger charge is 2.30. The van der Waals surface area contributed by atoms with Crippen molar-refractivity contribution in [3.63, 3.8) is 0 Å². The minimum absolute atomic E-state index is 0.183. The normalized spacial score (nSPS) is 23.7. The van der Waals surface area contributed by atoms with Gasteiger partial charge in [-0.15, -0.1) is 12.3 Å². The molecule has 1 fully saturated rings. The molecule has 0 unspecified atom stereocenters. The molecular formula is C18H22FN5. The van der Waals surface area contributed by atoms with E-state index in [1.165, 1.54) is 0 Å². The second-order valence-electron chi connectivity index (χ2n) is 6.66. The quantitative estimate of drug-likeness (QED) is 0.876. The first kappa shape index (κ1) is 16.4. The molecule has 0 saturated heterocycles. The Morgan fingerprint density at radius 3 is 2.79 bits per heavy atom. The highest BCUT2D eigenvalue weighted by Crippen LogP contribution is 2.32. The second kappa shape index (κ2) is 6.60. The lowest BCUT2D eigenvalue weighted by Gasteiger charge is -2.31. The van der Waals surface area contributed by atoms with Gasteiger partial charge in [0.15, 0.2) is 5.82 Å². The Morgan fingerprint density at radius 2 is 2.17 bits per heavy atom. The number of hydrogen-bond acceptors (Lipinski definition) is 4. The molecule has 0 bridgehead atoms. The largest absolute Gasteiger partial charge is 0.351 e. The van der Waals surface area contributed by atoms with E-state index in [4.69, 9.17) is 6.42 Å². The minimum atomic E-state index is -1.05. The number of anilines is 1. The SMILES string of the molecule is C#CCc1cc(-n2ccc(C)n2)nc(NC2CCC(C)(F)CC2)n1. The first-order valence-electron chi connectivity index (χ1n) is 8.25. The molecular weight excluding hydrogens is 305 g/mol. The van der Waals surface area contributed by atoms with Crippen LogP contribution in [-0.2, 0) is 6.42 Å². The lowest BCUT2D eigenvalue weighted by atomic mass is 9.85. The van der Waals surface area contributed by atoms with Crippen LogP contribution in [0.15, 0.2) is 18.3 Å². The molecule has 0 radical (unpaired) electrons. The summed E-state index contributed by atoms with van der Waals surface area (Å²) in [4.78, 5) is 9.03. The molecule has 0 aromatic carbocycles. The predicted octanol–water partition coefficient (Wildman–Crippen LogP) is 3.23. The Balaban J connectivity index is 1.82. The topological polar surface area (TPSA) is 55.6 Å². The third-order valence-electron chi connectivity index (χ3n) is 4.37. The highest BCUT2D eigenvalue weighted by molar-refractivity contribution is 5.37. The number of halogens is 1. The van der Waals surface area contributed by atoms with Gasteiger partial charge in [-0.05, 0) is 45.6 Å². The van der Waals surface area contributed by atoms with Gasteiger partial charge < -0.3 is 5.32 Å². The Morgan fingerprint density at radius 1 is 1.42 bits per heavy atom. The van der Waals surface area contributed by atoms with Crippen LogP contribution in [0.25, 0.3) is 5.82 Å². The lowest BCUT2D eigenvalue weighted by Crippen LogP contribution is -2.33. The van der Waals surface area contributed by atoms with Gasteiger partial charge in [0.1, 0.15) is 5.67 Å². The summed E-state index contributed by atoms with van der Waals surface area (Å²) in [6.45, 7) is 3.60. The number of alkyl halides is 1. The van der Waals surface area contributed by atoms with Crippen molar-refractivity contribution in [2.24, 2.45) is 0 Å². The summed E-state index contributed by atoms with van der Waals surface area (Å²) in [6, 6.07) is 3.94. The van der Waals surface area contributed by atoms with Crippen molar-refractivity contribution in [1.82, 2.24) is 19.7 Å². The molecule has 1 aliphatic carbocycles. The zero-order chi connectivity index (χ0) is 17.2. The number of rotatable bonds is 4. The number of aromatic nitrogens is 4. The zero-order valence-electron chi connectivity index (χ0n) is 14.1. The smallest absolute Gasteiger partial charge is 0.225 e. The Labute approximate surface area is 141 Å². The standard InChI is InChI=1S/C18H22FN5/c1-4-5-15-12-16(24-11-8-13(2)23-24)22-17(21-15)20-14-6-9-18(3,19)10-7-14/h1,8,11-12,14H,5-7,9-10H2,2-3H3,(H,20,21,22). The van der Waals surface area contributed by atoms with Gasteiger partial charge in [-0.2, -0.15) is 10.1 Å². The number of aryl methyl sites for hydroxylation is 1. The molecule has 1 saturated carbocycles. The molecule has 1 aliphatic rings. The summed E-state index contributed by atoms with van der Waals surface area (Å²) in [5, 5.41) is 7.72. The number of nitrogens with one attached hydrogen (secondary N) is 1. The number of hydrogen-bond donors (Lipinski definition) is 1. The summed E-state index contributed by atoms with van der Waals surface area (Å²) in [6.07, 6.45) is 10.4. The first-order chi connectivity index (χ1) is 11.4. The van der Waals surface area contributed by atoms with Gasteiger partial charge in [0.2, 0.25) is 5.95 Å². The maximum Gasteiger partial charge on any atom is 0.225 e. The van der Waals surface area contributed by atoms with Crippen LogP contribution in [0.5, 0.6) is 0 Å². The van der Waals surface area contributed by atoms with Crippen LogP contribution in [0.2, 0.25) is 0 Å². The van der Waals surface area contributed by atoms with Gasteiger partial charge in [-0.1, -0.05) is 0 Å². The minimum Gasteiger partial charge on any atom is -0.351 e. The molecule has 3 rings (SSSR count). The van der Waals surface area contributed by atoms with Gasteiger partial charge >= 0.3 is 0 Å². The third-order valence-corrected chi connectivity index (χ3v) is 4.37. The molecule has 1 N–H and O–H groups in total. The van der Waals surface area contributed by atoms with Crippen molar-refractivity contribution in [1.29, 1.82) is 0 Å². The molecule has 2 heterocycles. The average Bonchev–Trinajstić information content (AvgIpc) is 2.96. The van der Waals surface area contributed by atoms with E-state index < -0.39 is 5.67 Å². The summed E-state index contributed by atoms with van der Waals surface area (Å²) < 4.78 is 15.7. The fourth-order valence-corrected chi connectivity index (χ4v) is 2.95. The van der Waals surface area contributed by atoms with Crippen molar-refractivity contribution < 1.29 is 4.39 Å². The molecule has 0 amide bonds. The fourth-order valence-electron chi connectivity index (χ4n) is 2.95. The van der Waals surface area contributed by atoms with Crippen LogP contribution in [-0.4, -0.2) is 31.5 Å². The van der Waals surface area contributed by atoms with Crippen molar-refractivity contribution in [2.45, 2.75) is 57.7 Å². The lowest BCUT2D eigenvalue weighted by molar-refractivity contribution is 0.124. The fraction of sp³-hybridized carbons (Fsp3) is 0.500. The number of terminal acetylenes is 1. The van der Waals surface area contributed by atoms with Crippen LogP contribution in [0, 0.1) is 19.3 Å². The van der Waals surface area contributed by atoms with Crippen molar-refractivity contribution in [3.05, 3.63) is 29.7 Å². The van der Waals surface area contributed by atoms with Crippen LogP contribution >= 0.6 is 0 Å². The molecule has 5 nitrogen and oxygen atoms in total. The van der Waals surface area contributed by atoms with E-state index in [1.807, 2.05) is 25.3 Å². The van der Waals surface area contributed by atoms with Gasteiger partial charge in [0.05, 0.1) is 17.8 Å². The Kier molecular flexibility index (Phi) is 4.52. The van der Waals surface area contributed by atoms with Gasteiger partial charge in [0, 0.05) is 18.3 Å². The Hall–Kier alpha value is -2.42. The molecule has 24 heavy (non-hydrogen) atoms. The van der Waals surface area contributed by atoms with Gasteiger partial charge in [-0.25, -0.2) is 14.1 Å². The summed E-state index contributed by atoms with van der Waals surface area (Å²) in [5.41, 5.74) is 0.627. The molecule has 2 aromatic rings. The van der Waals surface area contributed by atoms with Crippen molar-refractivity contribution in [3.8, 4) is 18.2 Å². The van der Waals surface area contributed by atoms with E-state index in [0.29, 0.717) is 31.0 Å². The molecule has 0 aliphatic heterocycles. The van der Waals surface area contributed by atoms with Gasteiger partial charge in [0.25, 0.3) is 0 Å². The van der Waals surface area contributed by atoms with E-state index in [2.05, 4.69) is 26.3 Å². The molecule has 0 atom stereocenters. The maximum atomic E-state index is 13.9. The van der Waals surface area contributed by atoms with E-state index in [9.17, 15) is 4.39 Å². The number of nitrogens with zero attached hydrogens (tertiary/aromatic N) is 4. The van der Waals surface area contributed by atoms with Crippen LogP contribution in [0.4, 0.5) is 10.3 Å². The molecule has 6 heteroatoms. The monoisotopic (exact) mass is 327 g/mol. The summed E-state index contributed by atoms with van der Waals surface area (Å²) in [5.74, 6) is 3.82. The van der Waals surface area contributed by atoms with Crippen molar-refractivity contribution >= 4 is 5.95 Å². The maximum absolute atomic E-state index is 13.9. The van der Waals surface area contributed by atoms with E-state index >= 15 is 0 Å². The van der Waals surface area contributed by atoms with Crippen LogP contribution in [0.3, 0.4) is 0 Å². The third kappa shape index (κ3) is 3.91. The van der Waals surface area contributed by atoms with Crippen LogP contribution < -0.4 is 5.32 Å². The second-order valence-corrected chi connectivity index (χ2v) is 6.66. The van der Waals surface area contributed by atoms with E-state index in [1.54, 1.807) is 11.6 Å². The van der Waals surface area contributed by atoms with Crippen molar-refractivity contribution in [2.75, 3.05) is 5.32 Å².